The fourth-order valence-electron chi connectivity index (χ4n) is 3.00. The zero-order valence-corrected chi connectivity index (χ0v) is 14.4. The highest BCUT2D eigenvalue weighted by atomic mass is 32.1. The van der Waals surface area contributed by atoms with E-state index < -0.39 is 0 Å². The molecule has 118 valence electrons. The molecule has 1 amide bonds. The van der Waals surface area contributed by atoms with Crippen molar-refractivity contribution in [2.24, 2.45) is 11.8 Å². The van der Waals surface area contributed by atoms with Crippen molar-refractivity contribution >= 4 is 22.4 Å². The summed E-state index contributed by atoms with van der Waals surface area (Å²) < 4.78 is 4.31. The molecule has 0 aromatic carbocycles. The summed E-state index contributed by atoms with van der Waals surface area (Å²) in [5, 5.41) is 3.99. The fraction of sp³-hybridized carbons (Fsp3) is 0.750. The van der Waals surface area contributed by atoms with Gasteiger partial charge in [0.1, 0.15) is 5.00 Å². The maximum Gasteiger partial charge on any atom is 0.258 e. The summed E-state index contributed by atoms with van der Waals surface area (Å²) in [6.45, 7) is 8.25. The van der Waals surface area contributed by atoms with Gasteiger partial charge in [0, 0.05) is 20.1 Å². The number of aromatic nitrogens is 1. The van der Waals surface area contributed by atoms with Crippen LogP contribution in [0.25, 0.3) is 0 Å². The third kappa shape index (κ3) is 3.96. The molecule has 1 fully saturated rings. The first kappa shape index (κ1) is 16.3. The average molecular weight is 309 g/mol. The summed E-state index contributed by atoms with van der Waals surface area (Å²) in [7, 11) is 1.85. The number of nitrogens with zero attached hydrogens (tertiary/aromatic N) is 2. The number of rotatable bonds is 5. The van der Waals surface area contributed by atoms with Crippen molar-refractivity contribution in [2.75, 3.05) is 25.5 Å². The van der Waals surface area contributed by atoms with E-state index in [1.165, 1.54) is 30.8 Å². The van der Waals surface area contributed by atoms with E-state index in [9.17, 15) is 4.79 Å². The summed E-state index contributed by atoms with van der Waals surface area (Å²) in [4.78, 5) is 14.8. The molecule has 1 aromatic heterocycles. The predicted molar refractivity (Wildman–Crippen MR) is 89.1 cm³/mol. The number of carbonyl (C=O) groups is 1. The molecule has 2 rings (SSSR count). The zero-order chi connectivity index (χ0) is 15.4. The summed E-state index contributed by atoms with van der Waals surface area (Å²) in [5.41, 5.74) is 1.62. The van der Waals surface area contributed by atoms with Crippen LogP contribution in [0.2, 0.25) is 0 Å². The Morgan fingerprint density at radius 2 is 2.29 bits per heavy atom. The van der Waals surface area contributed by atoms with Crippen LogP contribution in [0.15, 0.2) is 0 Å². The number of amides is 1. The van der Waals surface area contributed by atoms with Crippen LogP contribution < -0.4 is 5.32 Å². The van der Waals surface area contributed by atoms with Gasteiger partial charge >= 0.3 is 0 Å². The number of nitrogens with one attached hydrogen (secondary N) is 1. The molecule has 0 radical (unpaired) electrons. The molecular weight excluding hydrogens is 282 g/mol. The second-order valence-electron chi connectivity index (χ2n) is 6.45. The van der Waals surface area contributed by atoms with E-state index in [1.54, 1.807) is 0 Å². The molecule has 1 atom stereocenters. The van der Waals surface area contributed by atoms with Crippen LogP contribution in [0, 0.1) is 18.8 Å². The molecule has 0 bridgehead atoms. The van der Waals surface area contributed by atoms with Crippen LogP contribution in [-0.4, -0.2) is 35.3 Å². The molecule has 0 spiro atoms. The molecule has 1 unspecified atom stereocenters. The number of hydrogen-bond acceptors (Lipinski definition) is 4. The Labute approximate surface area is 132 Å². The molecule has 1 aliphatic heterocycles. The van der Waals surface area contributed by atoms with Crippen LogP contribution in [0.5, 0.6) is 0 Å². The molecule has 1 aromatic rings. The van der Waals surface area contributed by atoms with E-state index in [-0.39, 0.29) is 5.91 Å². The van der Waals surface area contributed by atoms with E-state index in [0.29, 0.717) is 5.92 Å². The van der Waals surface area contributed by atoms with Crippen LogP contribution in [0.1, 0.15) is 55.6 Å². The smallest absolute Gasteiger partial charge is 0.258 e. The van der Waals surface area contributed by atoms with Crippen LogP contribution in [0.4, 0.5) is 5.00 Å². The summed E-state index contributed by atoms with van der Waals surface area (Å²) in [5.74, 6) is 1.56. The van der Waals surface area contributed by atoms with Gasteiger partial charge in [-0.1, -0.05) is 20.3 Å². The molecule has 0 aliphatic carbocycles. The Morgan fingerprint density at radius 3 is 2.95 bits per heavy atom. The lowest BCUT2D eigenvalue weighted by Crippen LogP contribution is -2.40. The summed E-state index contributed by atoms with van der Waals surface area (Å²) in [6.07, 6.45) is 4.88. The van der Waals surface area contributed by atoms with Crippen molar-refractivity contribution < 1.29 is 4.79 Å². The van der Waals surface area contributed by atoms with Gasteiger partial charge in [-0.2, -0.15) is 4.37 Å². The minimum Gasteiger partial charge on any atom is -0.378 e. The maximum absolute atomic E-state index is 12.8. The topological polar surface area (TPSA) is 45.2 Å². The van der Waals surface area contributed by atoms with Crippen molar-refractivity contribution in [2.45, 2.75) is 46.5 Å². The molecule has 1 aliphatic rings. The van der Waals surface area contributed by atoms with Gasteiger partial charge in [-0.3, -0.25) is 4.79 Å². The van der Waals surface area contributed by atoms with E-state index >= 15 is 0 Å². The lowest BCUT2D eigenvalue weighted by molar-refractivity contribution is 0.0665. The summed E-state index contributed by atoms with van der Waals surface area (Å²) >= 11 is 1.37. The minimum absolute atomic E-state index is 0.153. The monoisotopic (exact) mass is 309 g/mol. The molecule has 1 saturated heterocycles. The Bertz CT molecular complexity index is 484. The molecule has 1 N–H and O–H groups in total. The number of piperidine rings is 1. The molecular formula is C16H27N3OS. The van der Waals surface area contributed by atoms with Gasteiger partial charge in [-0.25, -0.2) is 0 Å². The number of aryl methyl sites for hydroxylation is 1. The first-order chi connectivity index (χ1) is 10.0. The average Bonchev–Trinajstić information content (AvgIpc) is 2.85. The Kier molecular flexibility index (Phi) is 5.62. The van der Waals surface area contributed by atoms with Crippen molar-refractivity contribution in [3.63, 3.8) is 0 Å². The molecule has 4 nitrogen and oxygen atoms in total. The van der Waals surface area contributed by atoms with Crippen molar-refractivity contribution in [1.29, 1.82) is 0 Å². The van der Waals surface area contributed by atoms with Crippen LogP contribution >= 0.6 is 11.5 Å². The lowest BCUT2D eigenvalue weighted by atomic mass is 9.90. The number of likely N-dealkylation sites (tertiary alicyclic amines) is 1. The van der Waals surface area contributed by atoms with Crippen molar-refractivity contribution in [3.8, 4) is 0 Å². The standard InChI is InChI=1S/C16H27N3OS/c1-11(2)7-8-13-6-5-9-19(10-13)16(20)14-12(3)18-21-15(14)17-4/h11,13,17H,5-10H2,1-4H3. The summed E-state index contributed by atoms with van der Waals surface area (Å²) in [6, 6.07) is 0. The van der Waals surface area contributed by atoms with E-state index in [2.05, 4.69) is 23.5 Å². The molecule has 2 heterocycles. The minimum atomic E-state index is 0.153. The van der Waals surface area contributed by atoms with E-state index in [4.69, 9.17) is 0 Å². The Hall–Kier alpha value is -1.10. The highest BCUT2D eigenvalue weighted by Crippen LogP contribution is 2.29. The SMILES string of the molecule is CNc1snc(C)c1C(=O)N1CCCC(CCC(C)C)C1. The largest absolute Gasteiger partial charge is 0.378 e. The van der Waals surface area contributed by atoms with Crippen molar-refractivity contribution in [1.82, 2.24) is 9.27 Å². The molecule has 5 heteroatoms. The number of anilines is 1. The quantitative estimate of drug-likeness (QED) is 0.900. The second-order valence-corrected chi connectivity index (χ2v) is 7.23. The van der Waals surface area contributed by atoms with E-state index in [0.717, 1.165) is 41.7 Å². The van der Waals surface area contributed by atoms with Crippen molar-refractivity contribution in [3.05, 3.63) is 11.3 Å². The number of hydrogen-bond donors (Lipinski definition) is 1. The second kappa shape index (κ2) is 7.25. The maximum atomic E-state index is 12.8. The van der Waals surface area contributed by atoms with Crippen LogP contribution in [-0.2, 0) is 0 Å². The first-order valence-corrected chi connectivity index (χ1v) is 8.73. The normalized spacial score (nSPS) is 19.1. The van der Waals surface area contributed by atoms with Gasteiger partial charge in [0.2, 0.25) is 0 Å². The van der Waals surface area contributed by atoms with Gasteiger partial charge in [0.15, 0.2) is 0 Å². The highest BCUT2D eigenvalue weighted by molar-refractivity contribution is 7.10. The molecule has 21 heavy (non-hydrogen) atoms. The van der Waals surface area contributed by atoms with Gasteiger partial charge in [-0.15, -0.1) is 0 Å². The Morgan fingerprint density at radius 1 is 1.52 bits per heavy atom. The number of carbonyl (C=O) groups excluding carboxylic acids is 1. The van der Waals surface area contributed by atoms with Gasteiger partial charge in [0.25, 0.3) is 5.91 Å². The Balaban J connectivity index is 2.03. The van der Waals surface area contributed by atoms with Gasteiger partial charge < -0.3 is 10.2 Å². The fourth-order valence-corrected chi connectivity index (χ4v) is 3.74. The zero-order valence-electron chi connectivity index (χ0n) is 13.6. The molecule has 0 saturated carbocycles. The van der Waals surface area contributed by atoms with Gasteiger partial charge in [0.05, 0.1) is 11.3 Å². The predicted octanol–water partition coefficient (Wildman–Crippen LogP) is 3.78. The highest BCUT2D eigenvalue weighted by Gasteiger charge is 2.28. The lowest BCUT2D eigenvalue weighted by Gasteiger charge is -2.33. The van der Waals surface area contributed by atoms with E-state index in [1.807, 2.05) is 18.9 Å². The third-order valence-corrected chi connectivity index (χ3v) is 5.22. The van der Waals surface area contributed by atoms with Crippen LogP contribution in [0.3, 0.4) is 0 Å². The third-order valence-electron chi connectivity index (χ3n) is 4.26. The first-order valence-electron chi connectivity index (χ1n) is 7.96. The van der Waals surface area contributed by atoms with Gasteiger partial charge in [-0.05, 0) is 49.6 Å².